The highest BCUT2D eigenvalue weighted by atomic mass is 19.2. The minimum Gasteiger partial charge on any atom is -0.352 e. The molecule has 0 fully saturated rings. The lowest BCUT2D eigenvalue weighted by molar-refractivity contribution is 0.0934. The van der Waals surface area contributed by atoms with Crippen molar-refractivity contribution in [1.29, 1.82) is 0 Å². The van der Waals surface area contributed by atoms with E-state index in [2.05, 4.69) is 5.32 Å². The Kier molecular flexibility index (Phi) is 5.47. The Morgan fingerprint density at radius 1 is 0.900 bits per heavy atom. The summed E-state index contributed by atoms with van der Waals surface area (Å²) in [7, 11) is 0. The second-order valence-electron chi connectivity index (χ2n) is 4.34. The molecule has 0 bridgehead atoms. The van der Waals surface area contributed by atoms with Crippen LogP contribution in [0.15, 0.2) is 0 Å². The highest BCUT2D eigenvalue weighted by Crippen LogP contribution is 2.23. The van der Waals surface area contributed by atoms with E-state index in [4.69, 9.17) is 0 Å². The van der Waals surface area contributed by atoms with Crippen LogP contribution in [0.25, 0.3) is 0 Å². The average molecular weight is 295 g/mol. The zero-order valence-electron chi connectivity index (χ0n) is 11.0. The summed E-state index contributed by atoms with van der Waals surface area (Å²) >= 11 is 0. The third kappa shape index (κ3) is 3.08. The summed E-state index contributed by atoms with van der Waals surface area (Å²) in [5, 5.41) is 2.18. The van der Waals surface area contributed by atoms with Gasteiger partial charge in [-0.15, -0.1) is 0 Å². The second kappa shape index (κ2) is 6.67. The summed E-state index contributed by atoms with van der Waals surface area (Å²) in [5.41, 5.74) is -1.45. The van der Waals surface area contributed by atoms with Crippen LogP contribution >= 0.6 is 0 Å². The van der Waals surface area contributed by atoms with Crippen molar-refractivity contribution in [3.8, 4) is 0 Å². The fraction of sp³-hybridized carbons (Fsp3) is 0.462. The van der Waals surface area contributed by atoms with E-state index in [0.29, 0.717) is 12.8 Å². The molecule has 20 heavy (non-hydrogen) atoms. The van der Waals surface area contributed by atoms with Gasteiger partial charge in [0.1, 0.15) is 5.56 Å². The van der Waals surface area contributed by atoms with Crippen molar-refractivity contribution in [2.24, 2.45) is 5.92 Å². The molecule has 112 valence electrons. The number of carbonyl (C=O) groups is 1. The zero-order chi connectivity index (χ0) is 15.4. The molecule has 1 aromatic rings. The smallest absolute Gasteiger partial charge is 0.257 e. The predicted octanol–water partition coefficient (Wildman–Crippen LogP) is 3.55. The Morgan fingerprint density at radius 2 is 1.30 bits per heavy atom. The molecule has 1 N–H and O–H groups in total. The first-order valence-corrected chi connectivity index (χ1v) is 6.14. The number of rotatable bonds is 5. The van der Waals surface area contributed by atoms with Gasteiger partial charge in [0.05, 0.1) is 0 Å². The number of benzene rings is 1. The van der Waals surface area contributed by atoms with E-state index in [9.17, 15) is 26.7 Å². The van der Waals surface area contributed by atoms with E-state index < -0.39 is 40.6 Å². The van der Waals surface area contributed by atoms with Gasteiger partial charge in [0.2, 0.25) is 5.82 Å². The zero-order valence-corrected chi connectivity index (χ0v) is 11.0. The minimum absolute atomic E-state index is 0.0696. The first-order valence-electron chi connectivity index (χ1n) is 6.14. The number of carbonyl (C=O) groups excluding carboxylic acids is 1. The topological polar surface area (TPSA) is 29.1 Å². The lowest BCUT2D eigenvalue weighted by Crippen LogP contribution is -2.31. The maximum Gasteiger partial charge on any atom is 0.257 e. The van der Waals surface area contributed by atoms with Crippen LogP contribution in [0.4, 0.5) is 22.0 Å². The SMILES string of the molecule is CCC(CC)CNC(=O)c1c(F)c(F)c(F)c(F)c1F. The van der Waals surface area contributed by atoms with Crippen LogP contribution in [0.3, 0.4) is 0 Å². The molecule has 0 unspecified atom stereocenters. The van der Waals surface area contributed by atoms with E-state index in [1.165, 1.54) is 0 Å². The largest absolute Gasteiger partial charge is 0.352 e. The summed E-state index contributed by atoms with van der Waals surface area (Å²) in [5.74, 6) is -12.0. The van der Waals surface area contributed by atoms with Crippen molar-refractivity contribution in [2.45, 2.75) is 26.7 Å². The normalized spacial score (nSPS) is 11.0. The van der Waals surface area contributed by atoms with Crippen LogP contribution in [0.5, 0.6) is 0 Å². The summed E-state index contributed by atoms with van der Waals surface area (Å²) in [4.78, 5) is 11.6. The van der Waals surface area contributed by atoms with Gasteiger partial charge < -0.3 is 5.32 Å². The lowest BCUT2D eigenvalue weighted by Gasteiger charge is -2.14. The van der Waals surface area contributed by atoms with Gasteiger partial charge in [0, 0.05) is 6.54 Å². The molecule has 0 aromatic heterocycles. The van der Waals surface area contributed by atoms with E-state index >= 15 is 0 Å². The van der Waals surface area contributed by atoms with Crippen molar-refractivity contribution in [3.05, 3.63) is 34.6 Å². The van der Waals surface area contributed by atoms with Crippen LogP contribution in [0.1, 0.15) is 37.0 Å². The Labute approximate surface area is 113 Å². The maximum atomic E-state index is 13.4. The predicted molar refractivity (Wildman–Crippen MR) is 62.6 cm³/mol. The van der Waals surface area contributed by atoms with Gasteiger partial charge in [-0.25, -0.2) is 22.0 Å². The maximum absolute atomic E-state index is 13.4. The monoisotopic (exact) mass is 295 g/mol. The highest BCUT2D eigenvalue weighted by molar-refractivity contribution is 5.94. The van der Waals surface area contributed by atoms with Gasteiger partial charge in [-0.2, -0.15) is 0 Å². The van der Waals surface area contributed by atoms with Crippen molar-refractivity contribution >= 4 is 5.91 Å². The molecule has 0 heterocycles. The van der Waals surface area contributed by atoms with Crippen LogP contribution in [-0.4, -0.2) is 12.5 Å². The molecule has 0 saturated carbocycles. The third-order valence-electron chi connectivity index (χ3n) is 3.14. The second-order valence-corrected chi connectivity index (χ2v) is 4.34. The number of hydrogen-bond donors (Lipinski definition) is 1. The molecule has 0 spiro atoms. The fourth-order valence-electron chi connectivity index (χ4n) is 1.71. The highest BCUT2D eigenvalue weighted by Gasteiger charge is 2.29. The summed E-state index contributed by atoms with van der Waals surface area (Å²) < 4.78 is 65.5. The van der Waals surface area contributed by atoms with E-state index in [1.807, 2.05) is 13.8 Å². The van der Waals surface area contributed by atoms with Gasteiger partial charge in [-0.05, 0) is 5.92 Å². The average Bonchev–Trinajstić information content (AvgIpc) is 2.44. The number of nitrogens with one attached hydrogen (secondary N) is 1. The summed E-state index contributed by atoms with van der Waals surface area (Å²) in [6, 6.07) is 0. The third-order valence-corrected chi connectivity index (χ3v) is 3.14. The van der Waals surface area contributed by atoms with Crippen molar-refractivity contribution < 1.29 is 26.7 Å². The molecule has 0 aliphatic rings. The van der Waals surface area contributed by atoms with Crippen LogP contribution in [0, 0.1) is 35.0 Å². The molecule has 7 heteroatoms. The minimum atomic E-state index is -2.28. The van der Waals surface area contributed by atoms with Gasteiger partial charge in [-0.3, -0.25) is 4.79 Å². The Morgan fingerprint density at radius 3 is 1.70 bits per heavy atom. The molecule has 0 radical (unpaired) electrons. The molecular formula is C13H14F5NO. The summed E-state index contributed by atoms with van der Waals surface area (Å²) in [6.07, 6.45) is 1.43. The number of amides is 1. The van der Waals surface area contributed by atoms with E-state index in [-0.39, 0.29) is 12.5 Å². The number of halogens is 5. The molecule has 1 aromatic carbocycles. The Balaban J connectivity index is 3.05. The molecule has 0 aliphatic heterocycles. The van der Waals surface area contributed by atoms with Gasteiger partial charge >= 0.3 is 0 Å². The van der Waals surface area contributed by atoms with E-state index in [0.717, 1.165) is 0 Å². The molecule has 1 rings (SSSR count). The van der Waals surface area contributed by atoms with E-state index in [1.54, 1.807) is 0 Å². The standard InChI is InChI=1S/C13H14F5NO/c1-3-6(4-2)5-19-13(20)7-8(14)10(16)12(18)11(17)9(7)15/h6H,3-5H2,1-2H3,(H,19,20). The van der Waals surface area contributed by atoms with Crippen molar-refractivity contribution in [1.82, 2.24) is 5.32 Å². The van der Waals surface area contributed by atoms with Crippen LogP contribution in [-0.2, 0) is 0 Å². The molecule has 1 amide bonds. The molecular weight excluding hydrogens is 281 g/mol. The molecule has 0 aliphatic carbocycles. The molecule has 0 saturated heterocycles. The van der Waals surface area contributed by atoms with Crippen LogP contribution < -0.4 is 5.32 Å². The molecule has 2 nitrogen and oxygen atoms in total. The quantitative estimate of drug-likeness (QED) is 0.502. The van der Waals surface area contributed by atoms with Crippen molar-refractivity contribution in [2.75, 3.05) is 6.54 Å². The Hall–Kier alpha value is -1.66. The van der Waals surface area contributed by atoms with Gasteiger partial charge in [0.25, 0.3) is 5.91 Å². The summed E-state index contributed by atoms with van der Waals surface area (Å²) in [6.45, 7) is 3.82. The van der Waals surface area contributed by atoms with Gasteiger partial charge in [0.15, 0.2) is 23.3 Å². The fourth-order valence-corrected chi connectivity index (χ4v) is 1.71. The first-order chi connectivity index (χ1) is 9.34. The first kappa shape index (κ1) is 16.4. The van der Waals surface area contributed by atoms with Crippen LogP contribution in [0.2, 0.25) is 0 Å². The van der Waals surface area contributed by atoms with Gasteiger partial charge in [-0.1, -0.05) is 26.7 Å². The Bertz CT molecular complexity index is 485. The van der Waals surface area contributed by atoms with Crippen molar-refractivity contribution in [3.63, 3.8) is 0 Å². The molecule has 0 atom stereocenters. The number of hydrogen-bond acceptors (Lipinski definition) is 1. The lowest BCUT2D eigenvalue weighted by atomic mass is 10.0.